The first-order valence-corrected chi connectivity index (χ1v) is 14.7. The Bertz CT molecular complexity index is 1590. The first-order valence-electron chi connectivity index (χ1n) is 13.8. The maximum Gasteiger partial charge on any atom is 0.410 e. The van der Waals surface area contributed by atoms with Gasteiger partial charge in [-0.15, -0.1) is 11.3 Å². The van der Waals surface area contributed by atoms with Crippen LogP contribution in [0.1, 0.15) is 44.2 Å². The molecular formula is C31H37N5O4S. The van der Waals surface area contributed by atoms with Crippen molar-refractivity contribution in [3.8, 4) is 11.1 Å². The van der Waals surface area contributed by atoms with Gasteiger partial charge in [0, 0.05) is 42.6 Å². The Morgan fingerprint density at radius 3 is 2.68 bits per heavy atom. The second kappa shape index (κ2) is 11.9. The van der Waals surface area contributed by atoms with Crippen LogP contribution in [0.3, 0.4) is 0 Å². The van der Waals surface area contributed by atoms with E-state index in [1.165, 1.54) is 0 Å². The number of aromatic nitrogens is 2. The predicted octanol–water partition coefficient (Wildman–Crippen LogP) is 6.03. The number of thiophene rings is 1. The first-order chi connectivity index (χ1) is 19.6. The van der Waals surface area contributed by atoms with E-state index in [2.05, 4.69) is 44.9 Å². The summed E-state index contributed by atoms with van der Waals surface area (Å²) in [6.07, 6.45) is -0.353. The van der Waals surface area contributed by atoms with E-state index in [1.807, 2.05) is 57.2 Å². The number of H-pyrrole nitrogens is 1. The van der Waals surface area contributed by atoms with Gasteiger partial charge in [0.05, 0.1) is 24.6 Å². The number of fused-ring (bicyclic) bond motifs is 1. The van der Waals surface area contributed by atoms with Gasteiger partial charge in [-0.25, -0.2) is 9.89 Å². The van der Waals surface area contributed by atoms with E-state index in [0.29, 0.717) is 31.0 Å². The average molecular weight is 576 g/mol. The number of benzene rings is 2. The molecular weight excluding hydrogens is 538 g/mol. The summed E-state index contributed by atoms with van der Waals surface area (Å²) in [5.74, 6) is 0.636. The van der Waals surface area contributed by atoms with Crippen molar-refractivity contribution in [1.29, 1.82) is 0 Å². The molecule has 0 aliphatic carbocycles. The molecule has 0 spiro atoms. The van der Waals surface area contributed by atoms with Gasteiger partial charge in [-0.1, -0.05) is 24.3 Å². The van der Waals surface area contributed by atoms with Gasteiger partial charge < -0.3 is 24.6 Å². The fourth-order valence-electron chi connectivity index (χ4n) is 4.88. The summed E-state index contributed by atoms with van der Waals surface area (Å²) in [4.78, 5) is 30.1. The van der Waals surface area contributed by atoms with Gasteiger partial charge in [-0.05, 0) is 74.0 Å². The van der Waals surface area contributed by atoms with Crippen LogP contribution in [0.15, 0.2) is 58.7 Å². The number of morpholine rings is 1. The van der Waals surface area contributed by atoms with Crippen LogP contribution in [0.4, 0.5) is 16.3 Å². The Kier molecular flexibility index (Phi) is 8.32. The van der Waals surface area contributed by atoms with Crippen molar-refractivity contribution >= 4 is 39.7 Å². The molecule has 1 fully saturated rings. The number of carbonyl (C=O) groups excluding carboxylic acids is 1. The highest BCUT2D eigenvalue weighted by molar-refractivity contribution is 7.10. The van der Waals surface area contributed by atoms with Crippen LogP contribution in [0.25, 0.3) is 21.9 Å². The monoisotopic (exact) mass is 575 g/mol. The smallest absolute Gasteiger partial charge is 0.410 e. The van der Waals surface area contributed by atoms with Gasteiger partial charge in [-0.3, -0.25) is 4.79 Å². The van der Waals surface area contributed by atoms with E-state index in [0.717, 1.165) is 45.7 Å². The van der Waals surface area contributed by atoms with Crippen LogP contribution in [0, 0.1) is 0 Å². The molecule has 41 heavy (non-hydrogen) atoms. The van der Waals surface area contributed by atoms with Crippen LogP contribution in [0.2, 0.25) is 0 Å². The molecule has 9 nitrogen and oxygen atoms in total. The summed E-state index contributed by atoms with van der Waals surface area (Å²) in [5.41, 5.74) is 3.48. The molecule has 3 heterocycles. The number of amides is 1. The lowest BCUT2D eigenvalue weighted by Crippen LogP contribution is -2.36. The van der Waals surface area contributed by atoms with Crippen molar-refractivity contribution in [2.24, 2.45) is 0 Å². The van der Waals surface area contributed by atoms with Crippen LogP contribution >= 0.6 is 11.3 Å². The molecule has 2 N–H and O–H groups in total. The molecule has 4 aromatic rings. The maximum absolute atomic E-state index is 12.6. The Labute approximate surface area is 244 Å². The van der Waals surface area contributed by atoms with Gasteiger partial charge in [-0.2, -0.15) is 5.10 Å². The van der Waals surface area contributed by atoms with E-state index in [9.17, 15) is 9.59 Å². The molecule has 2 aromatic carbocycles. The summed E-state index contributed by atoms with van der Waals surface area (Å²) >= 11 is 1.66. The molecule has 0 bridgehead atoms. The summed E-state index contributed by atoms with van der Waals surface area (Å²) in [6.45, 7) is 11.1. The van der Waals surface area contributed by atoms with Gasteiger partial charge in [0.25, 0.3) is 5.56 Å². The van der Waals surface area contributed by atoms with E-state index in [4.69, 9.17) is 9.47 Å². The van der Waals surface area contributed by atoms with Crippen LogP contribution < -0.4 is 15.8 Å². The molecule has 0 unspecified atom stereocenters. The Morgan fingerprint density at radius 2 is 1.93 bits per heavy atom. The Morgan fingerprint density at radius 1 is 1.17 bits per heavy atom. The standard InChI is InChI=1S/C31H37N5O4S/c1-20(32-28-26-17-23(36-12-14-39-15-13-36)10-11-25(26)29(37)34-33-28)27-16-22(19-41-27)24-9-7-6-8-21(24)18-35(5)30(38)40-31(2,3)4/h6-11,16-17,19-20H,12-15,18H2,1-5H3,(H,32,33)(H,34,37)/t20-/m1/s1. The largest absolute Gasteiger partial charge is 0.444 e. The molecule has 10 heteroatoms. The lowest BCUT2D eigenvalue weighted by molar-refractivity contribution is 0.0285. The van der Waals surface area contributed by atoms with E-state index >= 15 is 0 Å². The number of nitrogens with one attached hydrogen (secondary N) is 2. The number of aromatic amines is 1. The summed E-state index contributed by atoms with van der Waals surface area (Å²) in [6, 6.07) is 16.1. The zero-order valence-electron chi connectivity index (χ0n) is 24.2. The van der Waals surface area contributed by atoms with E-state index in [-0.39, 0.29) is 17.7 Å². The lowest BCUT2D eigenvalue weighted by atomic mass is 10.0. The third-order valence-electron chi connectivity index (χ3n) is 6.99. The normalized spacial score (nSPS) is 14.6. The van der Waals surface area contributed by atoms with Crippen LogP contribution in [-0.4, -0.2) is 60.1 Å². The van der Waals surface area contributed by atoms with Crippen molar-refractivity contribution in [1.82, 2.24) is 15.1 Å². The zero-order chi connectivity index (χ0) is 29.1. The second-order valence-electron chi connectivity index (χ2n) is 11.3. The Balaban J connectivity index is 1.36. The molecule has 0 radical (unpaired) electrons. The fraction of sp³-hybridized carbons (Fsp3) is 0.387. The van der Waals surface area contributed by atoms with Crippen molar-refractivity contribution in [3.05, 3.63) is 74.7 Å². The van der Waals surface area contributed by atoms with Crippen LogP contribution in [-0.2, 0) is 16.0 Å². The second-order valence-corrected chi connectivity index (χ2v) is 12.3. The number of anilines is 2. The first kappa shape index (κ1) is 28.6. The molecule has 1 atom stereocenters. The number of hydrogen-bond donors (Lipinski definition) is 2. The third kappa shape index (κ3) is 6.71. The SMILES string of the molecule is C[C@@H](Nc1n[nH]c(=O)c2ccc(N3CCOCC3)cc12)c1cc(-c2ccccc2CN(C)C(=O)OC(C)(C)C)cs1. The highest BCUT2D eigenvalue weighted by atomic mass is 32.1. The molecule has 1 aliphatic heterocycles. The fourth-order valence-corrected chi connectivity index (χ4v) is 5.79. The maximum atomic E-state index is 12.6. The van der Waals surface area contributed by atoms with E-state index < -0.39 is 5.60 Å². The molecule has 0 saturated carbocycles. The molecule has 1 aliphatic rings. The summed E-state index contributed by atoms with van der Waals surface area (Å²) < 4.78 is 11.0. The van der Waals surface area contributed by atoms with Crippen molar-refractivity contribution in [3.63, 3.8) is 0 Å². The minimum absolute atomic E-state index is 0.0565. The molecule has 2 aromatic heterocycles. The summed E-state index contributed by atoms with van der Waals surface area (Å²) in [5, 5.41) is 14.1. The average Bonchev–Trinajstić information content (AvgIpc) is 3.45. The molecule has 5 rings (SSSR count). The predicted molar refractivity (Wildman–Crippen MR) is 165 cm³/mol. The molecule has 216 valence electrons. The number of carbonyl (C=O) groups is 1. The topological polar surface area (TPSA) is 99.8 Å². The van der Waals surface area contributed by atoms with Gasteiger partial charge in [0.1, 0.15) is 5.60 Å². The Hall–Kier alpha value is -3.89. The lowest BCUT2D eigenvalue weighted by Gasteiger charge is -2.29. The zero-order valence-corrected chi connectivity index (χ0v) is 25.0. The van der Waals surface area contributed by atoms with Crippen molar-refractivity contribution < 1.29 is 14.3 Å². The number of hydrogen-bond acceptors (Lipinski definition) is 8. The van der Waals surface area contributed by atoms with E-state index in [1.54, 1.807) is 23.3 Å². The molecule has 1 amide bonds. The number of ether oxygens (including phenoxy) is 2. The summed E-state index contributed by atoms with van der Waals surface area (Å²) in [7, 11) is 1.75. The quantitative estimate of drug-likeness (QED) is 0.278. The van der Waals surface area contributed by atoms with Crippen molar-refractivity contribution in [2.45, 2.75) is 45.9 Å². The van der Waals surface area contributed by atoms with Crippen molar-refractivity contribution in [2.75, 3.05) is 43.6 Å². The third-order valence-corrected chi connectivity index (χ3v) is 8.10. The highest BCUT2D eigenvalue weighted by Gasteiger charge is 2.21. The minimum atomic E-state index is -0.549. The molecule has 1 saturated heterocycles. The van der Waals surface area contributed by atoms with Gasteiger partial charge >= 0.3 is 6.09 Å². The number of rotatable bonds is 7. The van der Waals surface area contributed by atoms with Crippen LogP contribution in [0.5, 0.6) is 0 Å². The van der Waals surface area contributed by atoms with Gasteiger partial charge in [0.15, 0.2) is 5.82 Å². The van der Waals surface area contributed by atoms with Gasteiger partial charge in [0.2, 0.25) is 0 Å². The highest BCUT2D eigenvalue weighted by Crippen LogP contribution is 2.34. The number of nitrogens with zero attached hydrogens (tertiary/aromatic N) is 3. The minimum Gasteiger partial charge on any atom is -0.444 e.